The SMILES string of the molecule is O=C1C=C(/C=C2\SC(=O)NC2=O)C=CC1. The van der Waals surface area contributed by atoms with Crippen LogP contribution in [-0.4, -0.2) is 16.9 Å². The summed E-state index contributed by atoms with van der Waals surface area (Å²) in [6.07, 6.45) is 6.88. The first-order chi connectivity index (χ1) is 7.15. The molecule has 0 unspecified atom stereocenters. The monoisotopic (exact) mass is 221 g/mol. The predicted octanol–water partition coefficient (Wildman–Crippen LogP) is 1.31. The van der Waals surface area contributed by atoms with Gasteiger partial charge >= 0.3 is 0 Å². The smallest absolute Gasteiger partial charge is 0.290 e. The van der Waals surface area contributed by atoms with Gasteiger partial charge in [-0.15, -0.1) is 0 Å². The Kier molecular flexibility index (Phi) is 2.55. The Labute approximate surface area is 90.1 Å². The highest BCUT2D eigenvalue weighted by Gasteiger charge is 2.25. The molecule has 5 heteroatoms. The Bertz CT molecular complexity index is 446. The molecule has 76 valence electrons. The highest BCUT2D eigenvalue weighted by molar-refractivity contribution is 8.18. The van der Waals surface area contributed by atoms with Crippen molar-refractivity contribution in [3.8, 4) is 0 Å². The van der Waals surface area contributed by atoms with Gasteiger partial charge in [0.1, 0.15) is 0 Å². The molecule has 1 heterocycles. The lowest BCUT2D eigenvalue weighted by Crippen LogP contribution is -2.17. The molecule has 2 rings (SSSR count). The van der Waals surface area contributed by atoms with Crippen LogP contribution in [0.25, 0.3) is 0 Å². The Morgan fingerprint density at radius 1 is 1.33 bits per heavy atom. The molecular weight excluding hydrogens is 214 g/mol. The Morgan fingerprint density at radius 2 is 2.13 bits per heavy atom. The number of hydrogen-bond acceptors (Lipinski definition) is 4. The van der Waals surface area contributed by atoms with E-state index >= 15 is 0 Å². The number of carbonyl (C=O) groups is 3. The van der Waals surface area contributed by atoms with Crippen molar-refractivity contribution in [2.45, 2.75) is 6.42 Å². The average molecular weight is 221 g/mol. The molecule has 1 N–H and O–H groups in total. The van der Waals surface area contributed by atoms with Crippen LogP contribution in [0.4, 0.5) is 4.79 Å². The normalized spacial score (nSPS) is 23.3. The summed E-state index contributed by atoms with van der Waals surface area (Å²) < 4.78 is 0. The van der Waals surface area contributed by atoms with Gasteiger partial charge in [-0.25, -0.2) is 0 Å². The lowest BCUT2D eigenvalue weighted by molar-refractivity contribution is -0.115. The van der Waals surface area contributed by atoms with E-state index in [1.807, 2.05) is 0 Å². The summed E-state index contributed by atoms with van der Waals surface area (Å²) in [5, 5.41) is 1.77. The fourth-order valence-electron chi connectivity index (χ4n) is 1.27. The van der Waals surface area contributed by atoms with Gasteiger partial charge in [-0.1, -0.05) is 12.2 Å². The minimum Gasteiger partial charge on any atom is -0.294 e. The molecule has 0 spiro atoms. The summed E-state index contributed by atoms with van der Waals surface area (Å²) in [6.45, 7) is 0. The lowest BCUT2D eigenvalue weighted by Gasteiger charge is -2.00. The highest BCUT2D eigenvalue weighted by Crippen LogP contribution is 2.25. The van der Waals surface area contributed by atoms with Crippen LogP contribution in [0.1, 0.15) is 6.42 Å². The van der Waals surface area contributed by atoms with E-state index in [9.17, 15) is 14.4 Å². The number of ketones is 1. The Balaban J connectivity index is 2.23. The number of allylic oxidation sites excluding steroid dienone is 5. The van der Waals surface area contributed by atoms with Crippen molar-refractivity contribution in [3.05, 3.63) is 34.8 Å². The predicted molar refractivity (Wildman–Crippen MR) is 56.1 cm³/mol. The van der Waals surface area contributed by atoms with Gasteiger partial charge in [-0.3, -0.25) is 19.7 Å². The van der Waals surface area contributed by atoms with Crippen molar-refractivity contribution in [1.82, 2.24) is 5.32 Å². The maximum absolute atomic E-state index is 11.2. The van der Waals surface area contributed by atoms with Gasteiger partial charge in [0.25, 0.3) is 11.1 Å². The van der Waals surface area contributed by atoms with Gasteiger partial charge in [0.15, 0.2) is 5.78 Å². The van der Waals surface area contributed by atoms with Crippen LogP contribution in [0, 0.1) is 0 Å². The van der Waals surface area contributed by atoms with E-state index < -0.39 is 5.91 Å². The quantitative estimate of drug-likeness (QED) is 0.678. The molecule has 0 atom stereocenters. The number of amides is 2. The molecular formula is C10H7NO3S. The zero-order valence-electron chi connectivity index (χ0n) is 7.65. The van der Waals surface area contributed by atoms with Crippen molar-refractivity contribution in [2.75, 3.05) is 0 Å². The Hall–Kier alpha value is -1.62. The maximum Gasteiger partial charge on any atom is 0.290 e. The highest BCUT2D eigenvalue weighted by atomic mass is 32.2. The molecule has 0 bridgehead atoms. The molecule has 0 saturated carbocycles. The van der Waals surface area contributed by atoms with Crippen molar-refractivity contribution in [2.24, 2.45) is 0 Å². The van der Waals surface area contributed by atoms with E-state index in [4.69, 9.17) is 0 Å². The third-order valence-electron chi connectivity index (χ3n) is 1.90. The Morgan fingerprint density at radius 3 is 2.73 bits per heavy atom. The van der Waals surface area contributed by atoms with Crippen LogP contribution in [0.3, 0.4) is 0 Å². The van der Waals surface area contributed by atoms with E-state index in [-0.39, 0.29) is 11.0 Å². The molecule has 1 fully saturated rings. The second-order valence-corrected chi connectivity index (χ2v) is 4.08. The van der Waals surface area contributed by atoms with E-state index in [0.717, 1.165) is 11.8 Å². The number of carbonyl (C=O) groups excluding carboxylic acids is 3. The van der Waals surface area contributed by atoms with Crippen molar-refractivity contribution >= 4 is 28.7 Å². The standard InChI is InChI=1S/C10H7NO3S/c12-7-3-1-2-6(4-7)5-8-9(13)11-10(14)15-8/h1-2,4-5H,3H2,(H,11,13,14)/b8-5-. The lowest BCUT2D eigenvalue weighted by atomic mass is 10.1. The van der Waals surface area contributed by atoms with Gasteiger partial charge < -0.3 is 0 Å². The molecule has 2 aliphatic rings. The average Bonchev–Trinajstić information content (AvgIpc) is 2.45. The van der Waals surface area contributed by atoms with Crippen LogP contribution in [0.5, 0.6) is 0 Å². The molecule has 1 saturated heterocycles. The summed E-state index contributed by atoms with van der Waals surface area (Å²) in [5.74, 6) is -0.406. The molecule has 1 aliphatic heterocycles. The van der Waals surface area contributed by atoms with Crippen LogP contribution in [0.15, 0.2) is 34.8 Å². The second kappa shape index (κ2) is 3.86. The summed E-state index contributed by atoms with van der Waals surface area (Å²) in [7, 11) is 0. The molecule has 1 aliphatic carbocycles. The fourth-order valence-corrected chi connectivity index (χ4v) is 1.95. The fraction of sp³-hybridized carbons (Fsp3) is 0.100. The van der Waals surface area contributed by atoms with E-state index in [0.29, 0.717) is 16.9 Å². The molecule has 0 aromatic heterocycles. The zero-order valence-corrected chi connectivity index (χ0v) is 8.47. The van der Waals surface area contributed by atoms with Crippen molar-refractivity contribution in [3.63, 3.8) is 0 Å². The second-order valence-electron chi connectivity index (χ2n) is 3.07. The molecule has 0 aromatic rings. The topological polar surface area (TPSA) is 63.2 Å². The minimum absolute atomic E-state index is 0.000850. The summed E-state index contributed by atoms with van der Waals surface area (Å²) in [4.78, 5) is 33.4. The number of imide groups is 1. The summed E-state index contributed by atoms with van der Waals surface area (Å²) >= 11 is 0.844. The minimum atomic E-state index is -0.405. The number of nitrogens with one attached hydrogen (secondary N) is 1. The van der Waals surface area contributed by atoms with Gasteiger partial charge in [0, 0.05) is 6.42 Å². The van der Waals surface area contributed by atoms with E-state index in [2.05, 4.69) is 5.32 Å². The zero-order chi connectivity index (χ0) is 10.8. The van der Waals surface area contributed by atoms with Gasteiger partial charge in [-0.05, 0) is 29.5 Å². The first-order valence-electron chi connectivity index (χ1n) is 4.31. The van der Waals surface area contributed by atoms with Crippen LogP contribution in [-0.2, 0) is 9.59 Å². The van der Waals surface area contributed by atoms with Gasteiger partial charge in [-0.2, -0.15) is 0 Å². The number of hydrogen-bond donors (Lipinski definition) is 1. The van der Waals surface area contributed by atoms with Crippen LogP contribution in [0.2, 0.25) is 0 Å². The summed E-state index contributed by atoms with van der Waals surface area (Å²) in [5.41, 5.74) is 0.651. The molecule has 0 radical (unpaired) electrons. The number of rotatable bonds is 1. The molecule has 15 heavy (non-hydrogen) atoms. The largest absolute Gasteiger partial charge is 0.294 e. The van der Waals surface area contributed by atoms with Crippen LogP contribution >= 0.6 is 11.8 Å². The van der Waals surface area contributed by atoms with Gasteiger partial charge in [0.2, 0.25) is 0 Å². The molecule has 4 nitrogen and oxygen atoms in total. The van der Waals surface area contributed by atoms with E-state index in [1.54, 1.807) is 18.2 Å². The van der Waals surface area contributed by atoms with Crippen molar-refractivity contribution in [1.29, 1.82) is 0 Å². The van der Waals surface area contributed by atoms with Gasteiger partial charge in [0.05, 0.1) is 4.91 Å². The summed E-state index contributed by atoms with van der Waals surface area (Å²) in [6, 6.07) is 0. The third kappa shape index (κ3) is 2.24. The molecule has 2 amide bonds. The first-order valence-corrected chi connectivity index (χ1v) is 5.13. The van der Waals surface area contributed by atoms with Crippen LogP contribution < -0.4 is 5.32 Å². The van der Waals surface area contributed by atoms with E-state index in [1.165, 1.54) is 6.08 Å². The maximum atomic E-state index is 11.2. The first kappa shape index (κ1) is 9.92. The molecule has 0 aromatic carbocycles. The number of thioether (sulfide) groups is 1. The third-order valence-corrected chi connectivity index (χ3v) is 2.71. The van der Waals surface area contributed by atoms with Crippen molar-refractivity contribution < 1.29 is 14.4 Å².